The summed E-state index contributed by atoms with van der Waals surface area (Å²) in [4.78, 5) is 12.9. The molecule has 2 amide bonds. The summed E-state index contributed by atoms with van der Waals surface area (Å²) in [6, 6.07) is 5.65. The average Bonchev–Trinajstić information content (AvgIpc) is 3.21. The van der Waals surface area contributed by atoms with Gasteiger partial charge in [-0.3, -0.25) is 10.00 Å². The molecule has 23 heavy (non-hydrogen) atoms. The van der Waals surface area contributed by atoms with Crippen LogP contribution in [0.1, 0.15) is 11.4 Å². The number of urea groups is 1. The maximum absolute atomic E-state index is 11.9. The number of anilines is 1. The lowest BCUT2D eigenvalue weighted by molar-refractivity contribution is 0.251. The highest BCUT2D eigenvalue weighted by atomic mass is 32.1. The summed E-state index contributed by atoms with van der Waals surface area (Å²) in [5.41, 5.74) is 2.05. The largest absolute Gasteiger partial charge is 0.336 e. The number of thiophene rings is 1. The minimum atomic E-state index is -0.291. The fourth-order valence-electron chi connectivity index (χ4n) is 2.09. The second-order valence-corrected chi connectivity index (χ2v) is 6.85. The first-order valence-electron chi connectivity index (χ1n) is 7.05. The van der Waals surface area contributed by atoms with Crippen molar-refractivity contribution in [3.05, 3.63) is 35.0 Å². The van der Waals surface area contributed by atoms with Gasteiger partial charge >= 0.3 is 6.03 Å². The highest BCUT2D eigenvalue weighted by Crippen LogP contribution is 2.29. The molecule has 7 nitrogen and oxygen atoms in total. The molecule has 0 atom stereocenters. The van der Waals surface area contributed by atoms with Crippen LogP contribution in [0.15, 0.2) is 23.6 Å². The Morgan fingerprint density at radius 3 is 2.91 bits per heavy atom. The normalized spacial score (nSPS) is 10.7. The van der Waals surface area contributed by atoms with E-state index in [0.29, 0.717) is 18.2 Å². The van der Waals surface area contributed by atoms with Crippen molar-refractivity contribution < 1.29 is 4.79 Å². The first-order valence-corrected chi connectivity index (χ1v) is 8.75. The number of hydrogen-bond acceptors (Lipinski definition) is 6. The van der Waals surface area contributed by atoms with Crippen LogP contribution in [0.25, 0.3) is 9.88 Å². The Morgan fingerprint density at radius 1 is 1.35 bits per heavy atom. The van der Waals surface area contributed by atoms with Crippen molar-refractivity contribution in [3.63, 3.8) is 0 Å². The van der Waals surface area contributed by atoms with Gasteiger partial charge in [-0.25, -0.2) is 4.79 Å². The van der Waals surface area contributed by atoms with Crippen LogP contribution in [0.5, 0.6) is 0 Å². The van der Waals surface area contributed by atoms with Crippen molar-refractivity contribution in [1.82, 2.24) is 25.3 Å². The van der Waals surface area contributed by atoms with Crippen LogP contribution in [0.4, 0.5) is 9.93 Å². The maximum atomic E-state index is 11.9. The van der Waals surface area contributed by atoms with Gasteiger partial charge in [-0.1, -0.05) is 17.4 Å². The van der Waals surface area contributed by atoms with Crippen LogP contribution in [0.2, 0.25) is 0 Å². The molecule has 0 aliphatic carbocycles. The van der Waals surface area contributed by atoms with Gasteiger partial charge in [0.05, 0.1) is 17.1 Å². The first-order chi connectivity index (χ1) is 11.1. The number of hydrogen-bond donors (Lipinski definition) is 2. The van der Waals surface area contributed by atoms with E-state index in [-0.39, 0.29) is 6.03 Å². The van der Waals surface area contributed by atoms with Crippen molar-refractivity contribution in [3.8, 4) is 9.88 Å². The third-order valence-corrected chi connectivity index (χ3v) is 4.97. The molecule has 0 unspecified atom stereocenters. The third-order valence-electron chi connectivity index (χ3n) is 3.09. The zero-order valence-electron chi connectivity index (χ0n) is 12.7. The lowest BCUT2D eigenvalue weighted by atomic mass is 10.4. The Labute approximate surface area is 141 Å². The van der Waals surface area contributed by atoms with E-state index in [1.165, 1.54) is 11.3 Å². The van der Waals surface area contributed by atoms with Gasteiger partial charge in [0.15, 0.2) is 5.01 Å². The fourth-order valence-corrected chi connectivity index (χ4v) is 3.62. The Bertz CT molecular complexity index is 792. The number of carbonyl (C=O) groups is 1. The van der Waals surface area contributed by atoms with E-state index in [1.54, 1.807) is 11.3 Å². The molecule has 3 aromatic heterocycles. The van der Waals surface area contributed by atoms with Gasteiger partial charge in [-0.05, 0) is 31.4 Å². The Kier molecular flexibility index (Phi) is 4.68. The third kappa shape index (κ3) is 3.93. The summed E-state index contributed by atoms with van der Waals surface area (Å²) >= 11 is 2.95. The molecule has 9 heteroatoms. The van der Waals surface area contributed by atoms with Crippen LogP contribution < -0.4 is 10.6 Å². The number of nitrogens with zero attached hydrogens (tertiary/aromatic N) is 4. The quantitative estimate of drug-likeness (QED) is 0.742. The van der Waals surface area contributed by atoms with Gasteiger partial charge < -0.3 is 5.32 Å². The molecule has 3 rings (SSSR count). The number of aromatic nitrogens is 4. The van der Waals surface area contributed by atoms with Crippen LogP contribution >= 0.6 is 22.7 Å². The average molecular weight is 348 g/mol. The van der Waals surface area contributed by atoms with Crippen molar-refractivity contribution in [2.75, 3.05) is 11.9 Å². The Balaban J connectivity index is 1.49. The van der Waals surface area contributed by atoms with E-state index in [9.17, 15) is 4.79 Å². The molecule has 0 bridgehead atoms. The molecule has 0 saturated carbocycles. The zero-order valence-corrected chi connectivity index (χ0v) is 14.4. The summed E-state index contributed by atoms with van der Waals surface area (Å²) in [5, 5.41) is 21.2. The standard InChI is InChI=1S/C14H16N6OS2/c1-9-8-10(2)20(19-9)6-5-15-13(21)16-14-18-17-12(23-14)11-4-3-7-22-11/h3-4,7-8H,5-6H2,1-2H3,(H2,15,16,18,21). The van der Waals surface area contributed by atoms with Crippen LogP contribution in [0, 0.1) is 13.8 Å². The minimum absolute atomic E-state index is 0.291. The summed E-state index contributed by atoms with van der Waals surface area (Å²) in [6.07, 6.45) is 0. The summed E-state index contributed by atoms with van der Waals surface area (Å²) in [7, 11) is 0. The van der Waals surface area contributed by atoms with E-state index >= 15 is 0 Å². The van der Waals surface area contributed by atoms with Crippen molar-refractivity contribution in [2.45, 2.75) is 20.4 Å². The highest BCUT2D eigenvalue weighted by Gasteiger charge is 2.10. The zero-order chi connectivity index (χ0) is 16.2. The smallest absolute Gasteiger partial charge is 0.321 e. The second-order valence-electron chi connectivity index (χ2n) is 4.92. The lowest BCUT2D eigenvalue weighted by Gasteiger charge is -2.06. The molecule has 0 fully saturated rings. The molecule has 3 aromatic rings. The van der Waals surface area contributed by atoms with Gasteiger partial charge in [-0.2, -0.15) is 5.10 Å². The number of amides is 2. The Hall–Kier alpha value is -2.26. The number of nitrogens with one attached hydrogen (secondary N) is 2. The molecule has 0 saturated heterocycles. The highest BCUT2D eigenvalue weighted by molar-refractivity contribution is 7.23. The first kappa shape index (κ1) is 15.6. The lowest BCUT2D eigenvalue weighted by Crippen LogP contribution is -2.31. The van der Waals surface area contributed by atoms with Gasteiger partial charge in [0, 0.05) is 12.2 Å². The predicted molar refractivity (Wildman–Crippen MR) is 91.9 cm³/mol. The molecule has 120 valence electrons. The monoisotopic (exact) mass is 348 g/mol. The number of rotatable bonds is 5. The molecule has 0 spiro atoms. The molecule has 0 radical (unpaired) electrons. The van der Waals surface area contributed by atoms with Crippen LogP contribution in [-0.4, -0.2) is 32.6 Å². The van der Waals surface area contributed by atoms with Gasteiger partial charge in [0.25, 0.3) is 0 Å². The second kappa shape index (κ2) is 6.88. The SMILES string of the molecule is Cc1cc(C)n(CCNC(=O)Nc2nnc(-c3cccs3)s2)n1. The van der Waals surface area contributed by atoms with Crippen molar-refractivity contribution in [2.24, 2.45) is 0 Å². The molecule has 0 aromatic carbocycles. The van der Waals surface area contributed by atoms with Gasteiger partial charge in [-0.15, -0.1) is 21.5 Å². The Morgan fingerprint density at radius 2 is 2.22 bits per heavy atom. The molecule has 2 N–H and O–H groups in total. The molecular formula is C14H16N6OS2. The number of aryl methyl sites for hydroxylation is 2. The van der Waals surface area contributed by atoms with E-state index in [4.69, 9.17) is 0 Å². The fraction of sp³-hybridized carbons (Fsp3) is 0.286. The van der Waals surface area contributed by atoms with Crippen LogP contribution in [0.3, 0.4) is 0 Å². The minimum Gasteiger partial charge on any atom is -0.336 e. The van der Waals surface area contributed by atoms with Crippen LogP contribution in [-0.2, 0) is 6.54 Å². The predicted octanol–water partition coefficient (Wildman–Crippen LogP) is 2.90. The van der Waals surface area contributed by atoms with E-state index < -0.39 is 0 Å². The molecular weight excluding hydrogens is 332 g/mol. The number of carbonyl (C=O) groups excluding carboxylic acids is 1. The van der Waals surface area contributed by atoms with E-state index in [2.05, 4.69) is 25.9 Å². The maximum Gasteiger partial charge on any atom is 0.321 e. The van der Waals surface area contributed by atoms with Gasteiger partial charge in [0.1, 0.15) is 0 Å². The van der Waals surface area contributed by atoms with Gasteiger partial charge in [0.2, 0.25) is 5.13 Å². The summed E-state index contributed by atoms with van der Waals surface area (Å²) < 4.78 is 1.87. The summed E-state index contributed by atoms with van der Waals surface area (Å²) in [5.74, 6) is 0. The topological polar surface area (TPSA) is 84.7 Å². The summed E-state index contributed by atoms with van der Waals surface area (Å²) in [6.45, 7) is 5.06. The van der Waals surface area contributed by atoms with Crippen molar-refractivity contribution >= 4 is 33.8 Å². The van der Waals surface area contributed by atoms with E-state index in [1.807, 2.05) is 42.1 Å². The molecule has 0 aliphatic rings. The molecule has 0 aliphatic heterocycles. The molecule has 3 heterocycles. The van der Waals surface area contributed by atoms with E-state index in [0.717, 1.165) is 21.3 Å². The van der Waals surface area contributed by atoms with Crippen molar-refractivity contribution in [1.29, 1.82) is 0 Å².